The van der Waals surface area contributed by atoms with E-state index in [0.717, 1.165) is 12.8 Å². The standard InChI is InChI=1S/C14H22FNO/c1-4-7-11(2)17-10-14(16-3)12-8-5-6-9-13(12)15/h5-6,8-9,11,14,16H,4,7,10H2,1-3H3. The maximum Gasteiger partial charge on any atom is 0.128 e. The van der Waals surface area contributed by atoms with Gasteiger partial charge < -0.3 is 10.1 Å². The van der Waals surface area contributed by atoms with E-state index in [1.807, 2.05) is 13.1 Å². The topological polar surface area (TPSA) is 21.3 Å². The van der Waals surface area contributed by atoms with Crippen molar-refractivity contribution in [1.82, 2.24) is 5.32 Å². The van der Waals surface area contributed by atoms with Crippen LogP contribution in [0.3, 0.4) is 0 Å². The summed E-state index contributed by atoms with van der Waals surface area (Å²) < 4.78 is 19.3. The van der Waals surface area contributed by atoms with Crippen molar-refractivity contribution >= 4 is 0 Å². The van der Waals surface area contributed by atoms with Gasteiger partial charge in [-0.05, 0) is 26.5 Å². The highest BCUT2D eigenvalue weighted by Gasteiger charge is 2.14. The molecule has 3 heteroatoms. The minimum Gasteiger partial charge on any atom is -0.377 e. The highest BCUT2D eigenvalue weighted by atomic mass is 19.1. The fourth-order valence-electron chi connectivity index (χ4n) is 1.84. The predicted molar refractivity (Wildman–Crippen MR) is 68.5 cm³/mol. The van der Waals surface area contributed by atoms with Crippen molar-refractivity contribution in [3.8, 4) is 0 Å². The van der Waals surface area contributed by atoms with Gasteiger partial charge in [0.25, 0.3) is 0 Å². The summed E-state index contributed by atoms with van der Waals surface area (Å²) in [5.41, 5.74) is 0.665. The number of hydrogen-bond acceptors (Lipinski definition) is 2. The van der Waals surface area contributed by atoms with Crippen molar-refractivity contribution in [3.05, 3.63) is 35.6 Å². The van der Waals surface area contributed by atoms with Crippen molar-refractivity contribution in [2.24, 2.45) is 0 Å². The zero-order valence-corrected chi connectivity index (χ0v) is 10.9. The molecule has 2 atom stereocenters. The van der Waals surface area contributed by atoms with Crippen molar-refractivity contribution in [3.63, 3.8) is 0 Å². The normalized spacial score (nSPS) is 14.6. The zero-order valence-electron chi connectivity index (χ0n) is 10.9. The lowest BCUT2D eigenvalue weighted by atomic mass is 10.1. The van der Waals surface area contributed by atoms with Crippen LogP contribution in [-0.2, 0) is 4.74 Å². The van der Waals surface area contributed by atoms with E-state index in [0.29, 0.717) is 12.2 Å². The minimum atomic E-state index is -0.182. The Morgan fingerprint density at radius 2 is 2.06 bits per heavy atom. The van der Waals surface area contributed by atoms with Crippen molar-refractivity contribution in [2.45, 2.75) is 38.8 Å². The lowest BCUT2D eigenvalue weighted by molar-refractivity contribution is 0.0447. The summed E-state index contributed by atoms with van der Waals surface area (Å²) in [6.45, 7) is 4.68. The van der Waals surface area contributed by atoms with E-state index in [2.05, 4.69) is 19.2 Å². The molecular weight excluding hydrogens is 217 g/mol. The Bertz CT molecular complexity index is 330. The molecule has 2 nitrogen and oxygen atoms in total. The molecule has 1 rings (SSSR count). The third kappa shape index (κ3) is 4.44. The number of halogens is 1. The second kappa shape index (κ2) is 7.41. The summed E-state index contributed by atoms with van der Waals surface area (Å²) in [6.07, 6.45) is 2.36. The molecule has 2 unspecified atom stereocenters. The second-order valence-corrected chi connectivity index (χ2v) is 4.30. The third-order valence-corrected chi connectivity index (χ3v) is 2.87. The molecule has 0 saturated carbocycles. The SMILES string of the molecule is CCCC(C)OCC(NC)c1ccccc1F. The first-order valence-corrected chi connectivity index (χ1v) is 6.22. The van der Waals surface area contributed by atoms with Crippen LogP contribution in [0.2, 0.25) is 0 Å². The molecule has 0 spiro atoms. The van der Waals surface area contributed by atoms with Crippen LogP contribution < -0.4 is 5.32 Å². The average molecular weight is 239 g/mol. The van der Waals surface area contributed by atoms with E-state index in [1.165, 1.54) is 6.07 Å². The summed E-state index contributed by atoms with van der Waals surface area (Å²) in [6, 6.07) is 6.74. The van der Waals surface area contributed by atoms with Crippen LogP contribution in [0.25, 0.3) is 0 Å². The Morgan fingerprint density at radius 1 is 1.35 bits per heavy atom. The van der Waals surface area contributed by atoms with Crippen molar-refractivity contribution in [1.29, 1.82) is 0 Å². The zero-order chi connectivity index (χ0) is 12.7. The monoisotopic (exact) mass is 239 g/mol. The minimum absolute atomic E-state index is 0.0875. The molecule has 0 saturated heterocycles. The Hall–Kier alpha value is -0.930. The number of rotatable bonds is 7. The first-order chi connectivity index (χ1) is 8.19. The summed E-state index contributed by atoms with van der Waals surface area (Å²) in [5, 5.41) is 3.09. The molecule has 1 aromatic rings. The van der Waals surface area contributed by atoms with Gasteiger partial charge in [0, 0.05) is 5.56 Å². The highest BCUT2D eigenvalue weighted by molar-refractivity contribution is 5.21. The van der Waals surface area contributed by atoms with Crippen LogP contribution in [0.5, 0.6) is 0 Å². The van der Waals surface area contributed by atoms with Gasteiger partial charge in [-0.3, -0.25) is 0 Å². The Morgan fingerprint density at radius 3 is 2.65 bits per heavy atom. The molecule has 0 fully saturated rings. The second-order valence-electron chi connectivity index (χ2n) is 4.30. The van der Waals surface area contributed by atoms with E-state index in [-0.39, 0.29) is 18.0 Å². The van der Waals surface area contributed by atoms with Gasteiger partial charge in [-0.15, -0.1) is 0 Å². The molecule has 0 bridgehead atoms. The summed E-state index contributed by atoms with van der Waals surface area (Å²) >= 11 is 0. The van der Waals surface area contributed by atoms with Gasteiger partial charge in [-0.2, -0.15) is 0 Å². The third-order valence-electron chi connectivity index (χ3n) is 2.87. The van der Waals surface area contributed by atoms with Crippen LogP contribution in [0, 0.1) is 5.82 Å². The maximum absolute atomic E-state index is 13.6. The van der Waals surface area contributed by atoms with E-state index in [1.54, 1.807) is 12.1 Å². The van der Waals surface area contributed by atoms with Crippen LogP contribution in [0.15, 0.2) is 24.3 Å². The first kappa shape index (κ1) is 14.1. The van der Waals surface area contributed by atoms with Crippen molar-refractivity contribution in [2.75, 3.05) is 13.7 Å². The Labute approximate surface area is 103 Å². The molecule has 0 aliphatic carbocycles. The van der Waals surface area contributed by atoms with Gasteiger partial charge in [0.1, 0.15) is 5.82 Å². The molecule has 0 aliphatic heterocycles. The molecule has 0 aliphatic rings. The fraction of sp³-hybridized carbons (Fsp3) is 0.571. The van der Waals surface area contributed by atoms with E-state index >= 15 is 0 Å². The van der Waals surface area contributed by atoms with Crippen LogP contribution in [0.1, 0.15) is 38.3 Å². The molecule has 0 radical (unpaired) electrons. The van der Waals surface area contributed by atoms with Gasteiger partial charge in [0.05, 0.1) is 18.8 Å². The molecular formula is C14H22FNO. The van der Waals surface area contributed by atoms with Crippen LogP contribution >= 0.6 is 0 Å². The number of benzene rings is 1. The largest absolute Gasteiger partial charge is 0.377 e. The average Bonchev–Trinajstić information content (AvgIpc) is 2.32. The molecule has 1 N–H and O–H groups in total. The first-order valence-electron chi connectivity index (χ1n) is 6.22. The van der Waals surface area contributed by atoms with Gasteiger partial charge in [0.15, 0.2) is 0 Å². The summed E-state index contributed by atoms with van der Waals surface area (Å²) in [4.78, 5) is 0. The Kier molecular flexibility index (Phi) is 6.16. The summed E-state index contributed by atoms with van der Waals surface area (Å²) in [5.74, 6) is -0.182. The molecule has 96 valence electrons. The lowest BCUT2D eigenvalue weighted by Gasteiger charge is -2.20. The quantitative estimate of drug-likeness (QED) is 0.788. The number of likely N-dealkylation sites (N-methyl/N-ethyl adjacent to an activating group) is 1. The highest BCUT2D eigenvalue weighted by Crippen LogP contribution is 2.17. The van der Waals surface area contributed by atoms with Gasteiger partial charge in [-0.25, -0.2) is 4.39 Å². The van der Waals surface area contributed by atoms with Crippen LogP contribution in [0.4, 0.5) is 4.39 Å². The summed E-state index contributed by atoms with van der Waals surface area (Å²) in [7, 11) is 1.82. The smallest absolute Gasteiger partial charge is 0.128 e. The predicted octanol–water partition coefficient (Wildman–Crippen LogP) is 3.29. The fourth-order valence-corrected chi connectivity index (χ4v) is 1.84. The molecule has 17 heavy (non-hydrogen) atoms. The van der Waals surface area contributed by atoms with E-state index in [4.69, 9.17) is 4.74 Å². The molecule has 0 aromatic heterocycles. The van der Waals surface area contributed by atoms with Gasteiger partial charge in [0.2, 0.25) is 0 Å². The van der Waals surface area contributed by atoms with Gasteiger partial charge >= 0.3 is 0 Å². The van der Waals surface area contributed by atoms with E-state index in [9.17, 15) is 4.39 Å². The maximum atomic E-state index is 13.6. The van der Waals surface area contributed by atoms with Crippen LogP contribution in [-0.4, -0.2) is 19.8 Å². The lowest BCUT2D eigenvalue weighted by Crippen LogP contribution is -2.25. The molecule has 1 aromatic carbocycles. The molecule has 0 heterocycles. The Balaban J connectivity index is 2.57. The number of hydrogen-bond donors (Lipinski definition) is 1. The van der Waals surface area contributed by atoms with E-state index < -0.39 is 0 Å². The van der Waals surface area contributed by atoms with Gasteiger partial charge in [-0.1, -0.05) is 31.5 Å². The number of nitrogens with one attached hydrogen (secondary N) is 1. The van der Waals surface area contributed by atoms with Crippen molar-refractivity contribution < 1.29 is 9.13 Å². The number of ether oxygens (including phenoxy) is 1. The molecule has 0 amide bonds.